The van der Waals surface area contributed by atoms with Gasteiger partial charge in [0.05, 0.1) is 12.2 Å². The van der Waals surface area contributed by atoms with Gasteiger partial charge in [-0.2, -0.15) is 0 Å². The SMILES string of the molecule is C=C(C)[C@@H]1CC[C@]2(C)C[C@H](O)[C@]3(C)[C@H](CC[C@@H]4[C@@]5(C)CC[C@H](O)C(C)(C)[C@H]5CC[C@]43C)[C@@H]12. The van der Waals surface area contributed by atoms with Crippen LogP contribution in [0.1, 0.15) is 106 Å². The van der Waals surface area contributed by atoms with Gasteiger partial charge in [-0.3, -0.25) is 0 Å². The molecule has 0 unspecified atom stereocenters. The van der Waals surface area contributed by atoms with Gasteiger partial charge in [0.25, 0.3) is 0 Å². The molecule has 0 heterocycles. The molecule has 2 nitrogen and oxygen atoms in total. The summed E-state index contributed by atoms with van der Waals surface area (Å²) >= 11 is 0. The van der Waals surface area contributed by atoms with E-state index in [2.05, 4.69) is 55.0 Å². The highest BCUT2D eigenvalue weighted by molar-refractivity contribution is 5.22. The highest BCUT2D eigenvalue weighted by Gasteiger charge is 2.72. The summed E-state index contributed by atoms with van der Waals surface area (Å²) in [5, 5.41) is 22.9. The predicted octanol–water partition coefficient (Wildman–Crippen LogP) is 7.00. The van der Waals surface area contributed by atoms with Gasteiger partial charge in [-0.15, -0.1) is 0 Å². The second kappa shape index (κ2) is 6.87. The Kier molecular flexibility index (Phi) is 5.02. The third kappa shape index (κ3) is 2.61. The Labute approximate surface area is 197 Å². The van der Waals surface area contributed by atoms with E-state index in [-0.39, 0.29) is 39.3 Å². The third-order valence-corrected chi connectivity index (χ3v) is 13.5. The summed E-state index contributed by atoms with van der Waals surface area (Å²) in [6.45, 7) is 21.5. The van der Waals surface area contributed by atoms with E-state index in [0.29, 0.717) is 29.6 Å². The minimum Gasteiger partial charge on any atom is -0.393 e. The first-order valence-electron chi connectivity index (χ1n) is 13.7. The fraction of sp³-hybridized carbons (Fsp3) is 0.933. The number of fused-ring (bicyclic) bond motifs is 7. The summed E-state index contributed by atoms with van der Waals surface area (Å²) in [7, 11) is 0. The molecule has 5 rings (SSSR count). The normalized spacial score (nSPS) is 58.8. The van der Waals surface area contributed by atoms with Crippen molar-refractivity contribution in [2.24, 2.45) is 56.7 Å². The van der Waals surface area contributed by atoms with Gasteiger partial charge in [0.2, 0.25) is 0 Å². The summed E-state index contributed by atoms with van der Waals surface area (Å²) in [5.74, 6) is 3.14. The van der Waals surface area contributed by atoms with Gasteiger partial charge in [0, 0.05) is 5.41 Å². The maximum Gasteiger partial charge on any atom is 0.0607 e. The van der Waals surface area contributed by atoms with Crippen LogP contribution in [-0.2, 0) is 0 Å². The van der Waals surface area contributed by atoms with Crippen molar-refractivity contribution in [1.82, 2.24) is 0 Å². The Morgan fingerprint density at radius 3 is 2.12 bits per heavy atom. The van der Waals surface area contributed by atoms with Crippen molar-refractivity contribution in [3.63, 3.8) is 0 Å². The first kappa shape index (κ1) is 23.4. The Morgan fingerprint density at radius 2 is 1.47 bits per heavy atom. The van der Waals surface area contributed by atoms with Gasteiger partial charge >= 0.3 is 0 Å². The number of aliphatic hydroxyl groups is 2. The second-order valence-electron chi connectivity index (χ2n) is 14.8. The Hall–Kier alpha value is -0.340. The van der Waals surface area contributed by atoms with E-state index in [9.17, 15) is 10.2 Å². The van der Waals surface area contributed by atoms with E-state index in [1.54, 1.807) is 0 Å². The van der Waals surface area contributed by atoms with Crippen LogP contribution in [0.3, 0.4) is 0 Å². The first-order chi connectivity index (χ1) is 14.7. The fourth-order valence-corrected chi connectivity index (χ4v) is 11.6. The highest BCUT2D eigenvalue weighted by atomic mass is 16.3. The van der Waals surface area contributed by atoms with E-state index < -0.39 is 0 Å². The van der Waals surface area contributed by atoms with Crippen molar-refractivity contribution >= 4 is 0 Å². The van der Waals surface area contributed by atoms with Crippen molar-refractivity contribution in [2.75, 3.05) is 0 Å². The molecule has 5 fully saturated rings. The number of rotatable bonds is 1. The molecule has 0 radical (unpaired) electrons. The zero-order valence-electron chi connectivity index (χ0n) is 22.0. The van der Waals surface area contributed by atoms with Crippen molar-refractivity contribution in [1.29, 1.82) is 0 Å². The Balaban J connectivity index is 1.58. The smallest absolute Gasteiger partial charge is 0.0607 e. The second-order valence-corrected chi connectivity index (χ2v) is 14.8. The molecule has 2 N–H and O–H groups in total. The molecule has 0 spiro atoms. The lowest BCUT2D eigenvalue weighted by Gasteiger charge is -2.73. The van der Waals surface area contributed by atoms with Gasteiger partial charge in [-0.1, -0.05) is 53.7 Å². The fourth-order valence-electron chi connectivity index (χ4n) is 11.6. The summed E-state index contributed by atoms with van der Waals surface area (Å²) in [4.78, 5) is 0. The van der Waals surface area contributed by atoms with Crippen molar-refractivity contribution in [3.05, 3.63) is 12.2 Å². The molecular weight excluding hydrogens is 392 g/mol. The van der Waals surface area contributed by atoms with Crippen LogP contribution in [0.15, 0.2) is 12.2 Å². The average Bonchev–Trinajstić information content (AvgIpc) is 3.03. The van der Waals surface area contributed by atoms with Crippen LogP contribution in [0.5, 0.6) is 0 Å². The van der Waals surface area contributed by atoms with E-state index in [1.807, 2.05) is 0 Å². The van der Waals surface area contributed by atoms with Crippen LogP contribution in [0.4, 0.5) is 0 Å². The first-order valence-corrected chi connectivity index (χ1v) is 13.7. The predicted molar refractivity (Wildman–Crippen MR) is 132 cm³/mol. The maximum absolute atomic E-state index is 12.0. The molecule has 182 valence electrons. The number of hydrogen-bond acceptors (Lipinski definition) is 2. The van der Waals surface area contributed by atoms with Crippen molar-refractivity contribution in [2.45, 2.75) is 118 Å². The molecule has 0 aromatic heterocycles. The lowest BCUT2D eigenvalue weighted by molar-refractivity contribution is -0.275. The minimum atomic E-state index is -0.201. The van der Waals surface area contributed by atoms with Gasteiger partial charge in [-0.05, 0) is 116 Å². The van der Waals surface area contributed by atoms with Crippen LogP contribution < -0.4 is 0 Å². The molecule has 0 aliphatic heterocycles. The van der Waals surface area contributed by atoms with Crippen LogP contribution >= 0.6 is 0 Å². The van der Waals surface area contributed by atoms with Crippen LogP contribution in [0, 0.1) is 56.7 Å². The number of allylic oxidation sites excluding steroid dienone is 1. The highest BCUT2D eigenvalue weighted by Crippen LogP contribution is 2.77. The molecule has 32 heavy (non-hydrogen) atoms. The van der Waals surface area contributed by atoms with Crippen LogP contribution in [0.2, 0.25) is 0 Å². The minimum absolute atomic E-state index is 0.00760. The summed E-state index contributed by atoms with van der Waals surface area (Å²) < 4.78 is 0. The molecule has 0 amide bonds. The topological polar surface area (TPSA) is 40.5 Å². The third-order valence-electron chi connectivity index (χ3n) is 13.5. The lowest BCUT2D eigenvalue weighted by atomic mass is 9.32. The molecule has 2 heteroatoms. The zero-order valence-corrected chi connectivity index (χ0v) is 22.0. The zero-order chi connectivity index (χ0) is 23.5. The van der Waals surface area contributed by atoms with E-state index in [1.165, 1.54) is 44.1 Å². The average molecular weight is 443 g/mol. The molecule has 5 aliphatic rings. The molecule has 0 aromatic carbocycles. The molecule has 0 bridgehead atoms. The summed E-state index contributed by atoms with van der Waals surface area (Å²) in [6, 6.07) is 0. The van der Waals surface area contributed by atoms with E-state index in [0.717, 1.165) is 19.3 Å². The molecule has 0 aromatic rings. The molecular formula is C30H50O2. The van der Waals surface area contributed by atoms with Crippen LogP contribution in [-0.4, -0.2) is 22.4 Å². The summed E-state index contributed by atoms with van der Waals surface area (Å²) in [6.07, 6.45) is 10.2. The number of hydrogen-bond donors (Lipinski definition) is 2. The quantitative estimate of drug-likeness (QED) is 0.429. The van der Waals surface area contributed by atoms with Crippen molar-refractivity contribution in [3.8, 4) is 0 Å². The van der Waals surface area contributed by atoms with E-state index in [4.69, 9.17) is 0 Å². The molecule has 5 aliphatic carbocycles. The monoisotopic (exact) mass is 442 g/mol. The van der Waals surface area contributed by atoms with Crippen molar-refractivity contribution < 1.29 is 10.2 Å². The lowest BCUT2D eigenvalue weighted by Crippen LogP contribution is -2.69. The van der Waals surface area contributed by atoms with Gasteiger partial charge < -0.3 is 10.2 Å². The standard InChI is InChI=1S/C30H50O2/c1-18(2)19-11-14-27(5)17-24(32)30(8)20(25(19)27)9-10-22-28(6)15-13-23(31)26(3,4)21(28)12-16-29(22,30)7/h19-25,31-32H,1,9-17H2,2-8H3/t19-,20+,21+,22+,23-,24-,25+,27+,28-,29+,30-/m0/s1. The Morgan fingerprint density at radius 1 is 0.781 bits per heavy atom. The Bertz CT molecular complexity index is 801. The van der Waals surface area contributed by atoms with Crippen LogP contribution in [0.25, 0.3) is 0 Å². The van der Waals surface area contributed by atoms with E-state index >= 15 is 0 Å². The van der Waals surface area contributed by atoms with Gasteiger partial charge in [0.15, 0.2) is 0 Å². The van der Waals surface area contributed by atoms with Gasteiger partial charge in [-0.25, -0.2) is 0 Å². The van der Waals surface area contributed by atoms with Gasteiger partial charge in [0.1, 0.15) is 0 Å². The molecule has 5 saturated carbocycles. The molecule has 0 saturated heterocycles. The largest absolute Gasteiger partial charge is 0.393 e. The summed E-state index contributed by atoms with van der Waals surface area (Å²) in [5.41, 5.74) is 2.06. The molecule has 11 atom stereocenters. The maximum atomic E-state index is 12.0. The number of aliphatic hydroxyl groups excluding tert-OH is 2.